The van der Waals surface area contributed by atoms with Crippen molar-refractivity contribution in [2.24, 2.45) is 0 Å². The lowest BCUT2D eigenvalue weighted by Gasteiger charge is -2.22. The Hall–Kier alpha value is -2.05. The Morgan fingerprint density at radius 3 is 2.88 bits per heavy atom. The van der Waals surface area contributed by atoms with Crippen LogP contribution in [0.25, 0.3) is 10.9 Å². The van der Waals surface area contributed by atoms with Crippen molar-refractivity contribution in [3.05, 3.63) is 23.8 Å². The summed E-state index contributed by atoms with van der Waals surface area (Å²) in [4.78, 5) is 7.11. The molecule has 0 amide bonds. The van der Waals surface area contributed by atoms with E-state index in [1.807, 2.05) is 12.1 Å². The average molecular weight is 328 g/mol. The number of aromatic nitrogens is 1. The van der Waals surface area contributed by atoms with Crippen molar-refractivity contribution in [2.45, 2.75) is 25.5 Å². The third kappa shape index (κ3) is 2.56. The summed E-state index contributed by atoms with van der Waals surface area (Å²) in [6.07, 6.45) is 2.68. The van der Waals surface area contributed by atoms with Crippen molar-refractivity contribution in [3.8, 4) is 17.4 Å². The van der Waals surface area contributed by atoms with Gasteiger partial charge in [-0.05, 0) is 25.0 Å². The Balaban J connectivity index is 1.46. The fraction of sp³-hybridized carbons (Fsp3) is 0.500. The number of fused-ring (bicyclic) bond motifs is 3. The van der Waals surface area contributed by atoms with Gasteiger partial charge in [0.05, 0.1) is 11.6 Å². The SMILES string of the molecule is c1c2c(nc3cc4c(cc13)OCO4)OCCN(CC1CCCO1)C2. The second-order valence-electron chi connectivity index (χ2n) is 6.57. The van der Waals surface area contributed by atoms with Gasteiger partial charge in [0, 0.05) is 43.3 Å². The van der Waals surface area contributed by atoms with E-state index in [0.717, 1.165) is 66.5 Å². The molecule has 1 unspecified atom stereocenters. The van der Waals surface area contributed by atoms with Crippen LogP contribution in [0.15, 0.2) is 18.2 Å². The smallest absolute Gasteiger partial charge is 0.231 e. The first kappa shape index (κ1) is 14.3. The van der Waals surface area contributed by atoms with Crippen LogP contribution in [-0.4, -0.2) is 49.1 Å². The molecule has 0 spiro atoms. The van der Waals surface area contributed by atoms with Crippen LogP contribution in [0.5, 0.6) is 17.4 Å². The van der Waals surface area contributed by atoms with Gasteiger partial charge in [-0.2, -0.15) is 0 Å². The molecule has 1 saturated heterocycles. The van der Waals surface area contributed by atoms with Crippen LogP contribution in [0.1, 0.15) is 18.4 Å². The molecule has 0 N–H and O–H groups in total. The Bertz CT molecular complexity index is 773. The molecule has 126 valence electrons. The number of pyridine rings is 1. The van der Waals surface area contributed by atoms with Crippen LogP contribution in [0.3, 0.4) is 0 Å². The van der Waals surface area contributed by atoms with Crippen LogP contribution < -0.4 is 14.2 Å². The Kier molecular flexibility index (Phi) is 3.45. The third-order valence-corrected chi connectivity index (χ3v) is 4.87. The number of ether oxygens (including phenoxy) is 4. The molecule has 3 aliphatic rings. The molecule has 0 radical (unpaired) electrons. The summed E-state index contributed by atoms with van der Waals surface area (Å²) < 4.78 is 22.6. The summed E-state index contributed by atoms with van der Waals surface area (Å²) in [7, 11) is 0. The quantitative estimate of drug-likeness (QED) is 0.843. The van der Waals surface area contributed by atoms with Gasteiger partial charge in [0.1, 0.15) is 6.61 Å². The zero-order valence-corrected chi connectivity index (χ0v) is 13.5. The highest BCUT2D eigenvalue weighted by atomic mass is 16.7. The highest BCUT2D eigenvalue weighted by Crippen LogP contribution is 2.37. The number of benzene rings is 1. The van der Waals surface area contributed by atoms with Crippen LogP contribution in [-0.2, 0) is 11.3 Å². The molecule has 3 aliphatic heterocycles. The predicted octanol–water partition coefficient (Wildman–Crippen LogP) is 2.34. The lowest BCUT2D eigenvalue weighted by atomic mass is 10.1. The van der Waals surface area contributed by atoms with E-state index in [0.29, 0.717) is 12.7 Å². The number of nitrogens with zero attached hydrogens (tertiary/aromatic N) is 2. The molecule has 5 rings (SSSR count). The van der Waals surface area contributed by atoms with Crippen LogP contribution >= 0.6 is 0 Å². The minimum absolute atomic E-state index is 0.275. The molecule has 1 aromatic heterocycles. The molecule has 24 heavy (non-hydrogen) atoms. The van der Waals surface area contributed by atoms with E-state index < -0.39 is 0 Å². The van der Waals surface area contributed by atoms with Crippen molar-refractivity contribution in [1.82, 2.24) is 9.88 Å². The maximum atomic E-state index is 5.90. The molecule has 6 nitrogen and oxygen atoms in total. The second kappa shape index (κ2) is 5.79. The molecular formula is C18H20N2O4. The third-order valence-electron chi connectivity index (χ3n) is 4.87. The number of hydrogen-bond acceptors (Lipinski definition) is 6. The minimum atomic E-state index is 0.275. The number of hydrogen-bond donors (Lipinski definition) is 0. The molecule has 0 saturated carbocycles. The Labute approximate surface area is 140 Å². The molecular weight excluding hydrogens is 308 g/mol. The van der Waals surface area contributed by atoms with Gasteiger partial charge in [-0.1, -0.05) is 0 Å². The monoisotopic (exact) mass is 328 g/mol. The first-order chi connectivity index (χ1) is 11.8. The van der Waals surface area contributed by atoms with E-state index in [4.69, 9.17) is 23.9 Å². The molecule has 1 aromatic carbocycles. The normalized spacial score (nSPS) is 23.1. The fourth-order valence-corrected chi connectivity index (χ4v) is 3.65. The van der Waals surface area contributed by atoms with E-state index in [-0.39, 0.29) is 6.79 Å². The van der Waals surface area contributed by atoms with Crippen molar-refractivity contribution in [3.63, 3.8) is 0 Å². The standard InChI is InChI=1S/C18H20N2O4/c1-2-14(21-4-1)10-20-3-5-22-18-13(9-20)6-12-7-16-17(24-11-23-16)8-15(12)19-18/h6-8,14H,1-5,9-11H2. The van der Waals surface area contributed by atoms with Crippen LogP contribution in [0.2, 0.25) is 0 Å². The molecule has 6 heteroatoms. The molecule has 4 heterocycles. The van der Waals surface area contributed by atoms with E-state index >= 15 is 0 Å². The fourth-order valence-electron chi connectivity index (χ4n) is 3.65. The van der Waals surface area contributed by atoms with E-state index in [1.54, 1.807) is 0 Å². The van der Waals surface area contributed by atoms with Crippen LogP contribution in [0, 0.1) is 0 Å². The van der Waals surface area contributed by atoms with Crippen LogP contribution in [0.4, 0.5) is 0 Å². The predicted molar refractivity (Wildman–Crippen MR) is 87.6 cm³/mol. The van der Waals surface area contributed by atoms with E-state index in [2.05, 4.69) is 11.0 Å². The summed E-state index contributed by atoms with van der Waals surface area (Å²) >= 11 is 0. The van der Waals surface area contributed by atoms with Gasteiger partial charge < -0.3 is 18.9 Å². The Morgan fingerprint density at radius 1 is 1.08 bits per heavy atom. The largest absolute Gasteiger partial charge is 0.476 e. The van der Waals surface area contributed by atoms with E-state index in [1.165, 1.54) is 6.42 Å². The van der Waals surface area contributed by atoms with Gasteiger partial charge in [-0.15, -0.1) is 0 Å². The molecule has 0 bridgehead atoms. The maximum absolute atomic E-state index is 5.90. The van der Waals surface area contributed by atoms with Gasteiger partial charge in [0.25, 0.3) is 0 Å². The highest BCUT2D eigenvalue weighted by molar-refractivity contribution is 5.84. The van der Waals surface area contributed by atoms with E-state index in [9.17, 15) is 0 Å². The molecule has 2 aromatic rings. The van der Waals surface area contributed by atoms with Gasteiger partial charge in [0.15, 0.2) is 11.5 Å². The van der Waals surface area contributed by atoms with Crippen molar-refractivity contribution < 1.29 is 18.9 Å². The highest BCUT2D eigenvalue weighted by Gasteiger charge is 2.24. The lowest BCUT2D eigenvalue weighted by molar-refractivity contribution is 0.0687. The summed E-state index contributed by atoms with van der Waals surface area (Å²) in [6.45, 7) is 4.52. The second-order valence-corrected chi connectivity index (χ2v) is 6.57. The first-order valence-electron chi connectivity index (χ1n) is 8.55. The summed E-state index contributed by atoms with van der Waals surface area (Å²) in [6, 6.07) is 6.09. The summed E-state index contributed by atoms with van der Waals surface area (Å²) in [5.74, 6) is 2.27. The zero-order valence-electron chi connectivity index (χ0n) is 13.5. The van der Waals surface area contributed by atoms with Gasteiger partial charge >= 0.3 is 0 Å². The van der Waals surface area contributed by atoms with Crippen molar-refractivity contribution >= 4 is 10.9 Å². The van der Waals surface area contributed by atoms with Crippen molar-refractivity contribution in [1.29, 1.82) is 0 Å². The van der Waals surface area contributed by atoms with Gasteiger partial charge in [-0.25, -0.2) is 4.98 Å². The Morgan fingerprint density at radius 2 is 2.00 bits per heavy atom. The molecule has 1 atom stereocenters. The summed E-state index contributed by atoms with van der Waals surface area (Å²) in [5.41, 5.74) is 2.00. The van der Waals surface area contributed by atoms with Gasteiger partial charge in [0.2, 0.25) is 12.7 Å². The average Bonchev–Trinajstić information content (AvgIpc) is 3.20. The number of rotatable bonds is 2. The van der Waals surface area contributed by atoms with Crippen molar-refractivity contribution in [2.75, 3.05) is 33.1 Å². The zero-order chi connectivity index (χ0) is 15.9. The topological polar surface area (TPSA) is 53.0 Å². The minimum Gasteiger partial charge on any atom is -0.476 e. The molecule has 0 aliphatic carbocycles. The first-order valence-corrected chi connectivity index (χ1v) is 8.55. The van der Waals surface area contributed by atoms with Gasteiger partial charge in [-0.3, -0.25) is 4.90 Å². The summed E-state index contributed by atoms with van der Waals surface area (Å²) in [5, 5.41) is 1.06. The maximum Gasteiger partial charge on any atom is 0.231 e. The molecule has 1 fully saturated rings. The lowest BCUT2D eigenvalue weighted by Crippen LogP contribution is -2.33.